The van der Waals surface area contributed by atoms with Gasteiger partial charge in [0.1, 0.15) is 11.6 Å². The maximum Gasteiger partial charge on any atom is 0.435 e. The number of fused-ring (bicyclic) bond motifs is 2. The predicted octanol–water partition coefficient (Wildman–Crippen LogP) is 8.94. The summed E-state index contributed by atoms with van der Waals surface area (Å²) in [7, 11) is 0. The van der Waals surface area contributed by atoms with E-state index in [-0.39, 0.29) is 24.0 Å². The lowest BCUT2D eigenvalue weighted by atomic mass is 9.94. The van der Waals surface area contributed by atoms with E-state index in [0.29, 0.717) is 24.6 Å². The Bertz CT molecular complexity index is 1690. The van der Waals surface area contributed by atoms with E-state index >= 15 is 13.2 Å². The van der Waals surface area contributed by atoms with Gasteiger partial charge in [-0.3, -0.25) is 0 Å². The van der Waals surface area contributed by atoms with E-state index in [1.807, 2.05) is 0 Å². The van der Waals surface area contributed by atoms with Gasteiger partial charge in [0.2, 0.25) is 11.9 Å². The summed E-state index contributed by atoms with van der Waals surface area (Å²) in [6, 6.07) is 4.66. The van der Waals surface area contributed by atoms with Gasteiger partial charge in [-0.05, 0) is 54.0 Å². The van der Waals surface area contributed by atoms with Crippen LogP contribution < -0.4 is 9.47 Å². The summed E-state index contributed by atoms with van der Waals surface area (Å²) < 4.78 is 154. The third kappa shape index (κ3) is 4.93. The van der Waals surface area contributed by atoms with Crippen LogP contribution in [-0.4, -0.2) is 12.2 Å². The molecule has 4 aromatic rings. The summed E-state index contributed by atoms with van der Waals surface area (Å²) in [5.41, 5.74) is -1.25. The summed E-state index contributed by atoms with van der Waals surface area (Å²) >= 11 is 0. The molecule has 0 spiro atoms. The second kappa shape index (κ2) is 10.5. The van der Waals surface area contributed by atoms with Gasteiger partial charge in [0.05, 0.1) is 5.39 Å². The van der Waals surface area contributed by atoms with Gasteiger partial charge in [-0.2, -0.15) is 13.2 Å². The van der Waals surface area contributed by atoms with Crippen molar-refractivity contribution >= 4 is 10.8 Å². The van der Waals surface area contributed by atoms with Gasteiger partial charge in [0.15, 0.2) is 40.7 Å². The molecule has 0 fully saturated rings. The van der Waals surface area contributed by atoms with Gasteiger partial charge in [-0.25, -0.2) is 30.7 Å². The highest BCUT2D eigenvalue weighted by Gasteiger charge is 2.47. The Balaban J connectivity index is 1.44. The molecule has 0 saturated heterocycles. The molecule has 4 aromatic carbocycles. The molecular formula is C29H18F10O2. The van der Waals surface area contributed by atoms with Crippen LogP contribution in [0.3, 0.4) is 0 Å². The van der Waals surface area contributed by atoms with E-state index in [4.69, 9.17) is 4.74 Å². The number of hydrogen-bond acceptors (Lipinski definition) is 2. The van der Waals surface area contributed by atoms with Crippen molar-refractivity contribution in [2.45, 2.75) is 44.8 Å². The number of rotatable bonds is 6. The van der Waals surface area contributed by atoms with E-state index in [1.165, 1.54) is 6.07 Å². The van der Waals surface area contributed by atoms with Crippen LogP contribution in [0.25, 0.3) is 21.9 Å². The number of alkyl halides is 2. The molecule has 12 heteroatoms. The first kappa shape index (κ1) is 28.6. The molecule has 41 heavy (non-hydrogen) atoms. The number of halogens is 10. The lowest BCUT2D eigenvalue weighted by molar-refractivity contribution is -0.235. The van der Waals surface area contributed by atoms with Gasteiger partial charge in [-0.1, -0.05) is 25.5 Å². The van der Waals surface area contributed by atoms with E-state index in [0.717, 1.165) is 12.1 Å². The average molecular weight is 588 g/mol. The molecule has 1 heterocycles. The minimum atomic E-state index is -4.30. The number of benzene rings is 4. The van der Waals surface area contributed by atoms with Crippen molar-refractivity contribution in [1.82, 2.24) is 0 Å². The lowest BCUT2D eigenvalue weighted by Crippen LogP contribution is -2.45. The van der Waals surface area contributed by atoms with Crippen LogP contribution in [0.4, 0.5) is 43.9 Å². The van der Waals surface area contributed by atoms with E-state index in [1.54, 1.807) is 6.92 Å². The van der Waals surface area contributed by atoms with Crippen LogP contribution >= 0.6 is 0 Å². The zero-order valence-corrected chi connectivity index (χ0v) is 21.0. The minimum absolute atomic E-state index is 0.0507. The van der Waals surface area contributed by atoms with Crippen LogP contribution in [0.15, 0.2) is 36.4 Å². The van der Waals surface area contributed by atoms with Gasteiger partial charge >= 0.3 is 6.11 Å². The molecule has 0 aromatic heterocycles. The molecule has 1 atom stereocenters. The molecule has 1 aliphatic heterocycles. The van der Waals surface area contributed by atoms with Gasteiger partial charge in [0.25, 0.3) is 0 Å². The summed E-state index contributed by atoms with van der Waals surface area (Å²) in [6.45, 7) is 1.75. The smallest absolute Gasteiger partial charge is 0.435 e. The van der Waals surface area contributed by atoms with Crippen LogP contribution in [0.5, 0.6) is 11.5 Å². The van der Waals surface area contributed by atoms with Crippen molar-refractivity contribution in [3.8, 4) is 22.6 Å². The Morgan fingerprint density at radius 3 is 2.20 bits per heavy atom. The number of aryl methyl sites for hydroxylation is 2. The van der Waals surface area contributed by atoms with Crippen molar-refractivity contribution in [1.29, 1.82) is 0 Å². The molecule has 0 saturated carbocycles. The molecule has 0 radical (unpaired) electrons. The van der Waals surface area contributed by atoms with Crippen LogP contribution in [0, 0.1) is 46.5 Å². The topological polar surface area (TPSA) is 18.5 Å². The van der Waals surface area contributed by atoms with Crippen molar-refractivity contribution in [3.05, 3.63) is 94.1 Å². The molecule has 0 N–H and O–H groups in total. The molecule has 0 aliphatic carbocycles. The summed E-state index contributed by atoms with van der Waals surface area (Å²) in [5, 5.41) is -1.61. The first-order valence-electron chi connectivity index (χ1n) is 12.3. The SMILES string of the molecule is CCCc1ccc(-c2cc3c(c(F)c2F)OC(C(F)(F)Oc2cc(F)c4c(F)c(F)c(F)cc4c2)CC3)c(F)c1F. The largest absolute Gasteiger partial charge is 0.476 e. The Labute approximate surface area is 226 Å². The zero-order chi connectivity index (χ0) is 29.8. The van der Waals surface area contributed by atoms with Gasteiger partial charge in [0, 0.05) is 17.2 Å². The second-order valence-electron chi connectivity index (χ2n) is 9.49. The quantitative estimate of drug-likeness (QED) is 0.165. The monoisotopic (exact) mass is 588 g/mol. The van der Waals surface area contributed by atoms with E-state index < -0.39 is 98.6 Å². The minimum Gasteiger partial charge on any atom is -0.476 e. The third-order valence-corrected chi connectivity index (χ3v) is 6.77. The number of ether oxygens (including phenoxy) is 2. The summed E-state index contributed by atoms with van der Waals surface area (Å²) in [5.74, 6) is -14.8. The molecule has 5 rings (SSSR count). The Morgan fingerprint density at radius 2 is 1.49 bits per heavy atom. The van der Waals surface area contributed by atoms with Crippen LogP contribution in [0.2, 0.25) is 0 Å². The summed E-state index contributed by atoms with van der Waals surface area (Å²) in [4.78, 5) is 0. The fourth-order valence-electron chi connectivity index (χ4n) is 4.80. The normalized spacial score (nSPS) is 15.1. The lowest BCUT2D eigenvalue weighted by Gasteiger charge is -2.32. The predicted molar refractivity (Wildman–Crippen MR) is 128 cm³/mol. The van der Waals surface area contributed by atoms with Gasteiger partial charge < -0.3 is 9.47 Å². The molecule has 0 bridgehead atoms. The van der Waals surface area contributed by atoms with Crippen molar-refractivity contribution in [2.24, 2.45) is 0 Å². The fraction of sp³-hybridized carbons (Fsp3) is 0.241. The summed E-state index contributed by atoms with van der Waals surface area (Å²) in [6.07, 6.45) is -6.69. The highest BCUT2D eigenvalue weighted by atomic mass is 19.3. The Morgan fingerprint density at radius 1 is 0.780 bits per heavy atom. The van der Waals surface area contributed by atoms with Crippen molar-refractivity contribution < 1.29 is 53.4 Å². The molecular weight excluding hydrogens is 570 g/mol. The standard InChI is InChI=1S/C29H18F10O2/c1-2-3-12-4-6-16(23(33)22(12)32)17-9-13-5-7-20(40-28(13)27(37)24(17)34)29(38,39)41-15-8-14-10-19(31)25(35)26(36)21(14)18(30)11-15/h4,6,8-11,20H,2-3,5,7H2,1H3. The van der Waals surface area contributed by atoms with Crippen molar-refractivity contribution in [3.63, 3.8) is 0 Å². The zero-order valence-electron chi connectivity index (χ0n) is 21.0. The fourth-order valence-corrected chi connectivity index (χ4v) is 4.80. The van der Waals surface area contributed by atoms with Crippen molar-refractivity contribution in [2.75, 3.05) is 0 Å². The highest BCUT2D eigenvalue weighted by molar-refractivity contribution is 5.85. The Kier molecular flexibility index (Phi) is 7.29. The maximum atomic E-state index is 15.0. The van der Waals surface area contributed by atoms with Crippen LogP contribution in [0.1, 0.15) is 30.9 Å². The molecule has 0 amide bonds. The average Bonchev–Trinajstić information content (AvgIpc) is 2.91. The third-order valence-electron chi connectivity index (χ3n) is 6.77. The number of hydrogen-bond donors (Lipinski definition) is 0. The Hall–Kier alpha value is -3.96. The molecule has 2 nitrogen and oxygen atoms in total. The first-order valence-corrected chi connectivity index (χ1v) is 12.3. The maximum absolute atomic E-state index is 15.0. The second-order valence-corrected chi connectivity index (χ2v) is 9.49. The highest BCUT2D eigenvalue weighted by Crippen LogP contribution is 2.42. The van der Waals surface area contributed by atoms with Crippen LogP contribution in [-0.2, 0) is 12.8 Å². The first-order chi connectivity index (χ1) is 19.3. The molecule has 216 valence electrons. The van der Waals surface area contributed by atoms with E-state index in [2.05, 4.69) is 4.74 Å². The van der Waals surface area contributed by atoms with Gasteiger partial charge in [-0.15, -0.1) is 0 Å². The molecule has 1 aliphatic rings. The van der Waals surface area contributed by atoms with E-state index in [9.17, 15) is 30.7 Å². The molecule has 1 unspecified atom stereocenters.